The number of aromatic nitrogens is 3. The van der Waals surface area contributed by atoms with Gasteiger partial charge in [-0.05, 0) is 49.8 Å². The molecule has 6 nitrogen and oxygen atoms in total. The van der Waals surface area contributed by atoms with Gasteiger partial charge in [-0.15, -0.1) is 0 Å². The molecule has 1 atom stereocenters. The van der Waals surface area contributed by atoms with E-state index in [-0.39, 0.29) is 6.04 Å². The molecule has 0 fully saturated rings. The van der Waals surface area contributed by atoms with Crippen molar-refractivity contribution in [3.05, 3.63) is 21.2 Å². The van der Waals surface area contributed by atoms with Crippen molar-refractivity contribution in [3.63, 3.8) is 0 Å². The Bertz CT molecular complexity index is 711. The maximum atomic E-state index is 12.0. The average Bonchev–Trinajstić information content (AvgIpc) is 2.73. The van der Waals surface area contributed by atoms with Crippen LogP contribution in [0.4, 0.5) is 4.79 Å². The minimum absolute atomic E-state index is 0.0648. The number of amides is 1. The van der Waals surface area contributed by atoms with Crippen LogP contribution in [0.2, 0.25) is 5.15 Å². The molecule has 126 valence electrons. The lowest BCUT2D eigenvalue weighted by atomic mass is 10.2. The van der Waals surface area contributed by atoms with E-state index in [2.05, 4.69) is 37.9 Å². The van der Waals surface area contributed by atoms with Crippen LogP contribution in [0, 0.1) is 3.57 Å². The highest BCUT2D eigenvalue weighted by atomic mass is 127. The van der Waals surface area contributed by atoms with Gasteiger partial charge in [0.05, 0.1) is 5.39 Å². The molecule has 2 aromatic rings. The van der Waals surface area contributed by atoms with Gasteiger partial charge in [0.2, 0.25) is 0 Å². The second-order valence-corrected chi connectivity index (χ2v) is 7.76. The molecule has 0 bridgehead atoms. The summed E-state index contributed by atoms with van der Waals surface area (Å²) in [6.45, 7) is 8.13. The molecule has 1 N–H and O–H groups in total. The number of hydrogen-bond donors (Lipinski definition) is 1. The molecule has 23 heavy (non-hydrogen) atoms. The maximum absolute atomic E-state index is 12.0. The van der Waals surface area contributed by atoms with Crippen LogP contribution in [0.5, 0.6) is 0 Å². The first-order valence-corrected chi connectivity index (χ1v) is 8.81. The molecule has 0 saturated carbocycles. The van der Waals surface area contributed by atoms with Gasteiger partial charge in [0.1, 0.15) is 22.7 Å². The monoisotopic (exact) mass is 450 g/mol. The standard InChI is InChI=1S/C15H20ClIN4O2/c1-5-9(20-14(22)23-15(2,3)4)6-21-7-10(17)11-12(16)18-8-19-13(11)21/h7-9H,5-6H2,1-4H3,(H,20,22)/t9-/m1/s1. The minimum Gasteiger partial charge on any atom is -0.444 e. The number of nitrogens with one attached hydrogen (secondary N) is 1. The third-order valence-electron chi connectivity index (χ3n) is 3.19. The largest absolute Gasteiger partial charge is 0.444 e. The third kappa shape index (κ3) is 4.69. The summed E-state index contributed by atoms with van der Waals surface area (Å²) in [5.41, 5.74) is 0.248. The van der Waals surface area contributed by atoms with Crippen molar-refractivity contribution >= 4 is 51.3 Å². The second kappa shape index (κ2) is 7.21. The van der Waals surface area contributed by atoms with Gasteiger partial charge in [0.15, 0.2) is 0 Å². The van der Waals surface area contributed by atoms with Crippen LogP contribution in [-0.2, 0) is 11.3 Å². The summed E-state index contributed by atoms with van der Waals surface area (Å²) in [7, 11) is 0. The summed E-state index contributed by atoms with van der Waals surface area (Å²) in [5, 5.41) is 4.17. The number of halogens is 2. The zero-order valence-corrected chi connectivity index (χ0v) is 16.5. The quantitative estimate of drug-likeness (QED) is 0.565. The van der Waals surface area contributed by atoms with E-state index in [1.807, 2.05) is 38.5 Å². The number of carbonyl (C=O) groups is 1. The van der Waals surface area contributed by atoms with E-state index in [0.717, 1.165) is 21.0 Å². The van der Waals surface area contributed by atoms with Gasteiger partial charge in [-0.1, -0.05) is 18.5 Å². The molecule has 0 aliphatic heterocycles. The Balaban J connectivity index is 2.17. The normalized spacial score (nSPS) is 13.1. The van der Waals surface area contributed by atoms with Crippen LogP contribution < -0.4 is 5.32 Å². The first-order valence-electron chi connectivity index (χ1n) is 7.35. The van der Waals surface area contributed by atoms with Crippen molar-refractivity contribution in [3.8, 4) is 0 Å². The first-order chi connectivity index (χ1) is 10.7. The molecule has 0 aliphatic rings. The topological polar surface area (TPSA) is 69.0 Å². The molecule has 0 saturated heterocycles. The minimum atomic E-state index is -0.515. The molecule has 8 heteroatoms. The van der Waals surface area contributed by atoms with E-state index < -0.39 is 11.7 Å². The van der Waals surface area contributed by atoms with Crippen molar-refractivity contribution in [1.29, 1.82) is 0 Å². The van der Waals surface area contributed by atoms with Crippen LogP contribution in [0.15, 0.2) is 12.5 Å². The zero-order chi connectivity index (χ0) is 17.2. The fourth-order valence-corrected chi connectivity index (χ4v) is 3.39. The molecule has 0 unspecified atom stereocenters. The summed E-state index contributed by atoms with van der Waals surface area (Å²) in [5.74, 6) is 0. The summed E-state index contributed by atoms with van der Waals surface area (Å²) in [6.07, 6.45) is 3.77. The van der Waals surface area contributed by atoms with Crippen LogP contribution in [-0.4, -0.2) is 32.3 Å². The van der Waals surface area contributed by atoms with Gasteiger partial charge < -0.3 is 14.6 Å². The second-order valence-electron chi connectivity index (χ2n) is 6.24. The summed E-state index contributed by atoms with van der Waals surface area (Å²) in [6, 6.07) is -0.0648. The van der Waals surface area contributed by atoms with Gasteiger partial charge in [-0.25, -0.2) is 14.8 Å². The van der Waals surface area contributed by atoms with Crippen molar-refractivity contribution in [2.24, 2.45) is 0 Å². The lowest BCUT2D eigenvalue weighted by Gasteiger charge is -2.23. The Labute approximate surface area is 154 Å². The SMILES string of the molecule is CC[C@H](Cn1cc(I)c2c(Cl)ncnc21)NC(=O)OC(C)(C)C. The lowest BCUT2D eigenvalue weighted by Crippen LogP contribution is -2.40. The Kier molecular flexibility index (Phi) is 5.72. The fraction of sp³-hybridized carbons (Fsp3) is 0.533. The summed E-state index contributed by atoms with van der Waals surface area (Å²) < 4.78 is 8.28. The number of rotatable bonds is 4. The zero-order valence-electron chi connectivity index (χ0n) is 13.6. The predicted octanol–water partition coefficient (Wildman–Crippen LogP) is 3.99. The van der Waals surface area contributed by atoms with E-state index in [0.29, 0.717) is 11.7 Å². The molecule has 2 rings (SSSR count). The molecule has 1 amide bonds. The molecule has 0 radical (unpaired) electrons. The number of carbonyl (C=O) groups excluding carboxylic acids is 1. The summed E-state index contributed by atoms with van der Waals surface area (Å²) in [4.78, 5) is 20.3. The Morgan fingerprint density at radius 1 is 1.48 bits per heavy atom. The molecule has 2 aromatic heterocycles. The van der Waals surface area contributed by atoms with Crippen LogP contribution in [0.25, 0.3) is 11.0 Å². The molecular formula is C15H20ClIN4O2. The average molecular weight is 451 g/mol. The number of alkyl carbamates (subject to hydrolysis) is 1. The van der Waals surface area contributed by atoms with Crippen LogP contribution in [0.1, 0.15) is 34.1 Å². The van der Waals surface area contributed by atoms with Gasteiger partial charge in [0.25, 0.3) is 0 Å². The molecule has 0 aromatic carbocycles. The Hall–Kier alpha value is -1.09. The van der Waals surface area contributed by atoms with Crippen molar-refractivity contribution in [1.82, 2.24) is 19.9 Å². The number of ether oxygens (including phenoxy) is 1. The van der Waals surface area contributed by atoms with Gasteiger partial charge in [0, 0.05) is 22.4 Å². The van der Waals surface area contributed by atoms with Crippen molar-refractivity contribution in [2.45, 2.75) is 52.3 Å². The van der Waals surface area contributed by atoms with Crippen molar-refractivity contribution in [2.75, 3.05) is 0 Å². The number of nitrogens with zero attached hydrogens (tertiary/aromatic N) is 3. The summed E-state index contributed by atoms with van der Waals surface area (Å²) >= 11 is 8.35. The van der Waals surface area contributed by atoms with Gasteiger partial charge in [-0.3, -0.25) is 0 Å². The molecule has 2 heterocycles. The van der Waals surface area contributed by atoms with Crippen molar-refractivity contribution < 1.29 is 9.53 Å². The Morgan fingerprint density at radius 3 is 2.78 bits per heavy atom. The van der Waals surface area contributed by atoms with E-state index >= 15 is 0 Å². The highest BCUT2D eigenvalue weighted by Gasteiger charge is 2.20. The number of fused-ring (bicyclic) bond motifs is 1. The fourth-order valence-electron chi connectivity index (χ4n) is 2.17. The first kappa shape index (κ1) is 18.3. The van der Waals surface area contributed by atoms with E-state index in [9.17, 15) is 4.79 Å². The third-order valence-corrected chi connectivity index (χ3v) is 4.30. The molecule has 0 aliphatic carbocycles. The number of hydrogen-bond acceptors (Lipinski definition) is 4. The van der Waals surface area contributed by atoms with E-state index in [1.165, 1.54) is 6.33 Å². The van der Waals surface area contributed by atoms with E-state index in [4.69, 9.17) is 16.3 Å². The molecular weight excluding hydrogens is 431 g/mol. The van der Waals surface area contributed by atoms with E-state index in [1.54, 1.807) is 0 Å². The lowest BCUT2D eigenvalue weighted by molar-refractivity contribution is 0.0498. The van der Waals surface area contributed by atoms with Gasteiger partial charge in [-0.2, -0.15) is 0 Å². The smallest absolute Gasteiger partial charge is 0.407 e. The highest BCUT2D eigenvalue weighted by molar-refractivity contribution is 14.1. The molecule has 0 spiro atoms. The predicted molar refractivity (Wildman–Crippen MR) is 98.7 cm³/mol. The Morgan fingerprint density at radius 2 is 2.17 bits per heavy atom. The van der Waals surface area contributed by atoms with Crippen LogP contribution >= 0.6 is 34.2 Å². The maximum Gasteiger partial charge on any atom is 0.407 e. The van der Waals surface area contributed by atoms with Gasteiger partial charge >= 0.3 is 6.09 Å². The highest BCUT2D eigenvalue weighted by Crippen LogP contribution is 2.26. The van der Waals surface area contributed by atoms with Crippen LogP contribution in [0.3, 0.4) is 0 Å².